The average molecular weight is 256 g/mol. The van der Waals surface area contributed by atoms with Crippen molar-refractivity contribution in [2.75, 3.05) is 19.8 Å². The Morgan fingerprint density at radius 2 is 2.11 bits per heavy atom. The molecule has 0 saturated carbocycles. The molecule has 0 radical (unpaired) electrons. The number of benzene rings is 1. The molecular weight excluding hydrogens is 239 g/mol. The van der Waals surface area contributed by atoms with Crippen LogP contribution in [0, 0.1) is 5.82 Å². The quantitative estimate of drug-likeness (QED) is 0.726. The van der Waals surface area contributed by atoms with E-state index in [4.69, 9.17) is 14.6 Å². The molecule has 0 fully saturated rings. The van der Waals surface area contributed by atoms with Crippen molar-refractivity contribution in [3.05, 3.63) is 29.6 Å². The fraction of sp³-hybridized carbons (Fsp3) is 0.462. The number of ether oxygens (including phenoxy) is 2. The zero-order chi connectivity index (χ0) is 13.4. The Morgan fingerprint density at radius 3 is 2.72 bits per heavy atom. The van der Waals surface area contributed by atoms with Gasteiger partial charge in [-0.25, -0.2) is 9.18 Å². The number of carboxylic acids is 1. The smallest absolute Gasteiger partial charge is 0.335 e. The summed E-state index contributed by atoms with van der Waals surface area (Å²) in [4.78, 5) is 10.6. The molecule has 0 aliphatic rings. The Labute approximate surface area is 105 Å². The molecular formula is C13H17FO4. The molecule has 18 heavy (non-hydrogen) atoms. The topological polar surface area (TPSA) is 55.8 Å². The van der Waals surface area contributed by atoms with Crippen LogP contribution in [-0.4, -0.2) is 30.9 Å². The van der Waals surface area contributed by atoms with Gasteiger partial charge in [0.1, 0.15) is 6.61 Å². The van der Waals surface area contributed by atoms with Gasteiger partial charge >= 0.3 is 5.97 Å². The van der Waals surface area contributed by atoms with E-state index in [1.807, 2.05) is 0 Å². The van der Waals surface area contributed by atoms with Crippen LogP contribution < -0.4 is 4.74 Å². The summed E-state index contributed by atoms with van der Waals surface area (Å²) in [6, 6.07) is 3.55. The first kappa shape index (κ1) is 14.4. The summed E-state index contributed by atoms with van der Waals surface area (Å²) in [5.74, 6) is -1.80. The maximum atomic E-state index is 13.4. The van der Waals surface area contributed by atoms with Gasteiger partial charge < -0.3 is 14.6 Å². The van der Waals surface area contributed by atoms with E-state index < -0.39 is 11.8 Å². The van der Waals surface area contributed by atoms with Gasteiger partial charge in [0.2, 0.25) is 0 Å². The Morgan fingerprint density at radius 1 is 1.33 bits per heavy atom. The highest BCUT2D eigenvalue weighted by Crippen LogP contribution is 2.18. The number of hydrogen-bond acceptors (Lipinski definition) is 3. The summed E-state index contributed by atoms with van der Waals surface area (Å²) in [6.45, 7) is 3.37. The minimum absolute atomic E-state index is 0.0408. The molecule has 0 saturated heterocycles. The summed E-state index contributed by atoms with van der Waals surface area (Å²) in [5.41, 5.74) is -0.0981. The zero-order valence-electron chi connectivity index (χ0n) is 10.3. The lowest BCUT2D eigenvalue weighted by Crippen LogP contribution is -2.08. The molecule has 0 aliphatic heterocycles. The highest BCUT2D eigenvalue weighted by Gasteiger charge is 2.08. The van der Waals surface area contributed by atoms with Gasteiger partial charge in [0.25, 0.3) is 0 Å². The van der Waals surface area contributed by atoms with Crippen LogP contribution >= 0.6 is 0 Å². The minimum atomic E-state index is -1.16. The molecule has 0 unspecified atom stereocenters. The number of unbranched alkanes of at least 4 members (excludes halogenated alkanes) is 1. The normalized spacial score (nSPS) is 10.3. The van der Waals surface area contributed by atoms with Crippen LogP contribution in [0.25, 0.3) is 0 Å². The van der Waals surface area contributed by atoms with Crippen LogP contribution in [-0.2, 0) is 4.74 Å². The van der Waals surface area contributed by atoms with Crippen molar-refractivity contribution >= 4 is 5.97 Å². The molecule has 0 heterocycles. The molecule has 1 aromatic rings. The summed E-state index contributed by atoms with van der Waals surface area (Å²) in [5, 5.41) is 8.67. The molecule has 0 atom stereocenters. The van der Waals surface area contributed by atoms with Gasteiger partial charge in [0, 0.05) is 6.61 Å². The Balaban J connectivity index is 2.36. The first-order valence-corrected chi connectivity index (χ1v) is 5.88. The summed E-state index contributed by atoms with van der Waals surface area (Å²) in [7, 11) is 0. The summed E-state index contributed by atoms with van der Waals surface area (Å²) >= 11 is 0. The van der Waals surface area contributed by atoms with Crippen LogP contribution in [0.1, 0.15) is 30.1 Å². The molecule has 0 amide bonds. The second kappa shape index (κ2) is 7.66. The maximum Gasteiger partial charge on any atom is 0.335 e. The van der Waals surface area contributed by atoms with E-state index in [1.165, 1.54) is 12.1 Å². The highest BCUT2D eigenvalue weighted by atomic mass is 19.1. The Hall–Kier alpha value is -1.62. The minimum Gasteiger partial charge on any atom is -0.488 e. The average Bonchev–Trinajstić information content (AvgIpc) is 2.35. The number of halogens is 1. The number of carboxylic acid groups (broad SMARTS) is 1. The summed E-state index contributed by atoms with van der Waals surface area (Å²) in [6.07, 6.45) is 2.05. The van der Waals surface area contributed by atoms with Crippen LogP contribution in [0.4, 0.5) is 4.39 Å². The lowest BCUT2D eigenvalue weighted by Gasteiger charge is -2.08. The standard InChI is InChI=1S/C13H17FO4/c1-2-3-6-17-7-8-18-12-5-4-10(13(15)16)9-11(12)14/h4-5,9H,2-3,6-8H2,1H3,(H,15,16). The van der Waals surface area contributed by atoms with Crippen LogP contribution in [0.15, 0.2) is 18.2 Å². The molecule has 4 nitrogen and oxygen atoms in total. The molecule has 0 spiro atoms. The predicted molar refractivity (Wildman–Crippen MR) is 64.6 cm³/mol. The number of carbonyl (C=O) groups is 1. The summed E-state index contributed by atoms with van der Waals surface area (Å²) < 4.78 is 23.8. The second-order valence-electron chi connectivity index (χ2n) is 3.76. The van der Waals surface area contributed by atoms with Gasteiger partial charge in [-0.3, -0.25) is 0 Å². The first-order chi connectivity index (χ1) is 8.65. The van der Waals surface area contributed by atoms with Gasteiger partial charge in [-0.2, -0.15) is 0 Å². The third-order valence-electron chi connectivity index (χ3n) is 2.31. The van der Waals surface area contributed by atoms with E-state index in [0.29, 0.717) is 13.2 Å². The number of hydrogen-bond donors (Lipinski definition) is 1. The van der Waals surface area contributed by atoms with Crippen LogP contribution in [0.5, 0.6) is 5.75 Å². The van der Waals surface area contributed by atoms with Gasteiger partial charge in [-0.15, -0.1) is 0 Å². The first-order valence-electron chi connectivity index (χ1n) is 5.88. The third-order valence-corrected chi connectivity index (χ3v) is 2.31. The maximum absolute atomic E-state index is 13.4. The van der Waals surface area contributed by atoms with Crippen molar-refractivity contribution in [3.63, 3.8) is 0 Å². The number of aromatic carboxylic acids is 1. The molecule has 100 valence electrons. The largest absolute Gasteiger partial charge is 0.488 e. The van der Waals surface area contributed by atoms with Crippen molar-refractivity contribution in [1.82, 2.24) is 0 Å². The predicted octanol–water partition coefficient (Wildman–Crippen LogP) is 2.72. The SMILES string of the molecule is CCCCOCCOc1ccc(C(=O)O)cc1F. The molecule has 5 heteroatoms. The van der Waals surface area contributed by atoms with E-state index in [0.717, 1.165) is 18.9 Å². The van der Waals surface area contributed by atoms with Crippen molar-refractivity contribution in [3.8, 4) is 5.75 Å². The van der Waals surface area contributed by atoms with Crippen molar-refractivity contribution in [2.24, 2.45) is 0 Å². The van der Waals surface area contributed by atoms with E-state index >= 15 is 0 Å². The molecule has 1 aromatic carbocycles. The zero-order valence-corrected chi connectivity index (χ0v) is 10.3. The van der Waals surface area contributed by atoms with E-state index in [1.54, 1.807) is 0 Å². The number of rotatable bonds is 8. The molecule has 1 N–H and O–H groups in total. The fourth-order valence-corrected chi connectivity index (χ4v) is 1.31. The molecule has 0 aliphatic carbocycles. The Bertz CT molecular complexity index is 393. The lowest BCUT2D eigenvalue weighted by atomic mass is 10.2. The highest BCUT2D eigenvalue weighted by molar-refractivity contribution is 5.87. The Kier molecular flexibility index (Phi) is 6.14. The van der Waals surface area contributed by atoms with Gasteiger partial charge in [0.05, 0.1) is 12.2 Å². The van der Waals surface area contributed by atoms with Crippen molar-refractivity contribution in [2.45, 2.75) is 19.8 Å². The monoisotopic (exact) mass is 256 g/mol. The second-order valence-corrected chi connectivity index (χ2v) is 3.76. The molecule has 0 bridgehead atoms. The van der Waals surface area contributed by atoms with Gasteiger partial charge in [0.15, 0.2) is 11.6 Å². The van der Waals surface area contributed by atoms with Crippen molar-refractivity contribution < 1.29 is 23.8 Å². The van der Waals surface area contributed by atoms with Crippen LogP contribution in [0.3, 0.4) is 0 Å². The van der Waals surface area contributed by atoms with E-state index in [2.05, 4.69) is 6.92 Å². The van der Waals surface area contributed by atoms with Crippen LogP contribution in [0.2, 0.25) is 0 Å². The molecule has 0 aromatic heterocycles. The lowest BCUT2D eigenvalue weighted by molar-refractivity contribution is 0.0696. The fourth-order valence-electron chi connectivity index (χ4n) is 1.31. The molecule has 1 rings (SSSR count). The van der Waals surface area contributed by atoms with Gasteiger partial charge in [-0.1, -0.05) is 13.3 Å². The van der Waals surface area contributed by atoms with E-state index in [9.17, 15) is 9.18 Å². The van der Waals surface area contributed by atoms with Gasteiger partial charge in [-0.05, 0) is 24.6 Å². The third kappa shape index (κ3) is 4.71. The van der Waals surface area contributed by atoms with Crippen molar-refractivity contribution in [1.29, 1.82) is 0 Å². The van der Waals surface area contributed by atoms with E-state index in [-0.39, 0.29) is 17.9 Å².